The maximum Gasteiger partial charge on any atom is 0.273 e. The number of halogens is 1. The van der Waals surface area contributed by atoms with Gasteiger partial charge in [-0.15, -0.1) is 0 Å². The Hall–Kier alpha value is -2.24. The first-order valence-electron chi connectivity index (χ1n) is 5.03. The molecule has 0 bridgehead atoms. The van der Waals surface area contributed by atoms with Crippen molar-refractivity contribution in [3.63, 3.8) is 0 Å². The highest BCUT2D eigenvalue weighted by Crippen LogP contribution is 2.02. The van der Waals surface area contributed by atoms with Crippen molar-refractivity contribution >= 4 is 5.91 Å². The number of carbonyl (C=O) groups is 1. The number of nitrogens with one attached hydrogen (secondary N) is 1. The third-order valence-corrected chi connectivity index (χ3v) is 2.30. The molecule has 2 rings (SSSR count). The van der Waals surface area contributed by atoms with E-state index < -0.39 is 11.7 Å². The first kappa shape index (κ1) is 11.3. The Morgan fingerprint density at radius 3 is 2.94 bits per heavy atom. The van der Waals surface area contributed by atoms with Crippen LogP contribution in [0.3, 0.4) is 0 Å². The summed E-state index contributed by atoms with van der Waals surface area (Å²) in [5.41, 5.74) is -0.207. The minimum atomic E-state index is -0.634. The van der Waals surface area contributed by atoms with Crippen molar-refractivity contribution in [3.8, 4) is 0 Å². The molecule has 1 N–H and O–H groups in total. The number of amides is 1. The van der Waals surface area contributed by atoms with Crippen LogP contribution in [0.15, 0.2) is 30.7 Å². The summed E-state index contributed by atoms with van der Waals surface area (Å²) in [5.74, 6) is -0.495. The average molecular weight is 234 g/mol. The Kier molecular flexibility index (Phi) is 3.13. The van der Waals surface area contributed by atoms with Crippen molar-refractivity contribution in [1.29, 1.82) is 0 Å². The van der Waals surface area contributed by atoms with E-state index in [1.54, 1.807) is 17.0 Å². The summed E-state index contributed by atoms with van der Waals surface area (Å²) in [6.07, 6.45) is 4.77. The van der Waals surface area contributed by atoms with E-state index in [4.69, 9.17) is 0 Å². The SMILES string of the molecule is Cn1ccnc1CNC(=O)c1ncccc1F. The molecule has 0 saturated carbocycles. The van der Waals surface area contributed by atoms with Crippen molar-refractivity contribution in [1.82, 2.24) is 19.9 Å². The number of carbonyl (C=O) groups excluding carboxylic acids is 1. The summed E-state index contributed by atoms with van der Waals surface area (Å²) >= 11 is 0. The molecule has 0 atom stereocenters. The van der Waals surface area contributed by atoms with Gasteiger partial charge < -0.3 is 9.88 Å². The van der Waals surface area contributed by atoms with E-state index in [1.807, 2.05) is 7.05 Å². The molecule has 0 radical (unpaired) electrons. The van der Waals surface area contributed by atoms with Crippen LogP contribution < -0.4 is 5.32 Å². The third kappa shape index (κ3) is 2.47. The van der Waals surface area contributed by atoms with E-state index in [-0.39, 0.29) is 12.2 Å². The molecule has 5 nitrogen and oxygen atoms in total. The zero-order valence-electron chi connectivity index (χ0n) is 9.22. The van der Waals surface area contributed by atoms with Gasteiger partial charge >= 0.3 is 0 Å². The summed E-state index contributed by atoms with van der Waals surface area (Å²) < 4.78 is 15.0. The van der Waals surface area contributed by atoms with E-state index in [2.05, 4.69) is 15.3 Å². The lowest BCUT2D eigenvalue weighted by Gasteiger charge is -2.05. The fourth-order valence-electron chi connectivity index (χ4n) is 1.36. The number of pyridine rings is 1. The fourth-order valence-corrected chi connectivity index (χ4v) is 1.36. The number of hydrogen-bond acceptors (Lipinski definition) is 3. The molecule has 0 aliphatic carbocycles. The Morgan fingerprint density at radius 1 is 1.47 bits per heavy atom. The topological polar surface area (TPSA) is 59.8 Å². The van der Waals surface area contributed by atoms with Crippen molar-refractivity contribution in [2.75, 3.05) is 0 Å². The lowest BCUT2D eigenvalue weighted by atomic mass is 10.3. The average Bonchev–Trinajstić information content (AvgIpc) is 2.72. The zero-order chi connectivity index (χ0) is 12.3. The number of nitrogens with zero attached hydrogens (tertiary/aromatic N) is 3. The smallest absolute Gasteiger partial charge is 0.273 e. The molecular weight excluding hydrogens is 223 g/mol. The van der Waals surface area contributed by atoms with Crippen molar-refractivity contribution in [2.45, 2.75) is 6.54 Å². The van der Waals surface area contributed by atoms with E-state index >= 15 is 0 Å². The first-order chi connectivity index (χ1) is 8.18. The summed E-state index contributed by atoms with van der Waals surface area (Å²) in [4.78, 5) is 19.3. The molecule has 2 aromatic rings. The minimum absolute atomic E-state index is 0.207. The molecule has 0 fully saturated rings. The monoisotopic (exact) mass is 234 g/mol. The lowest BCUT2D eigenvalue weighted by Crippen LogP contribution is -2.26. The molecule has 0 saturated heterocycles. The van der Waals surface area contributed by atoms with Gasteiger partial charge in [0.15, 0.2) is 11.5 Å². The summed E-state index contributed by atoms with van der Waals surface area (Å²) in [7, 11) is 1.82. The van der Waals surface area contributed by atoms with E-state index in [0.29, 0.717) is 5.82 Å². The third-order valence-electron chi connectivity index (χ3n) is 2.30. The van der Waals surface area contributed by atoms with Gasteiger partial charge in [0.1, 0.15) is 5.82 Å². The first-order valence-corrected chi connectivity index (χ1v) is 5.03. The standard InChI is InChI=1S/C11H11FN4O/c1-16-6-5-13-9(16)7-15-11(17)10-8(12)3-2-4-14-10/h2-6H,7H2,1H3,(H,15,17). The predicted octanol–water partition coefficient (Wildman–Crippen LogP) is 0.884. The molecule has 0 aliphatic rings. The highest BCUT2D eigenvalue weighted by Gasteiger charge is 2.12. The largest absolute Gasteiger partial charge is 0.343 e. The number of imidazole rings is 1. The Balaban J connectivity index is 2.04. The van der Waals surface area contributed by atoms with E-state index in [0.717, 1.165) is 0 Å². The highest BCUT2D eigenvalue weighted by atomic mass is 19.1. The maximum atomic E-state index is 13.2. The van der Waals surface area contributed by atoms with Crippen LogP contribution in [0.2, 0.25) is 0 Å². The molecule has 2 heterocycles. The molecule has 0 aliphatic heterocycles. The van der Waals surface area contributed by atoms with Crippen molar-refractivity contribution in [2.24, 2.45) is 7.05 Å². The summed E-state index contributed by atoms with van der Waals surface area (Å²) in [5, 5.41) is 2.56. The van der Waals surface area contributed by atoms with E-state index in [1.165, 1.54) is 18.3 Å². The highest BCUT2D eigenvalue weighted by molar-refractivity contribution is 5.92. The molecule has 17 heavy (non-hydrogen) atoms. The van der Waals surface area contributed by atoms with Crippen LogP contribution in [0.4, 0.5) is 4.39 Å². The second kappa shape index (κ2) is 4.73. The second-order valence-electron chi connectivity index (χ2n) is 3.47. The molecule has 1 amide bonds. The van der Waals surface area contributed by atoms with Crippen LogP contribution >= 0.6 is 0 Å². The van der Waals surface area contributed by atoms with Crippen molar-refractivity contribution in [3.05, 3.63) is 48.1 Å². The van der Waals surface area contributed by atoms with Crippen LogP contribution in [0.5, 0.6) is 0 Å². The molecule has 2 aromatic heterocycles. The van der Waals surface area contributed by atoms with E-state index in [9.17, 15) is 9.18 Å². The van der Waals surface area contributed by atoms with Gasteiger partial charge in [-0.05, 0) is 12.1 Å². The predicted molar refractivity (Wildman–Crippen MR) is 58.6 cm³/mol. The van der Waals surface area contributed by atoms with Gasteiger partial charge in [-0.1, -0.05) is 0 Å². The Bertz CT molecular complexity index is 538. The van der Waals surface area contributed by atoms with Crippen molar-refractivity contribution < 1.29 is 9.18 Å². The normalized spacial score (nSPS) is 10.2. The van der Waals surface area contributed by atoms with Gasteiger partial charge in [0, 0.05) is 25.6 Å². The summed E-state index contributed by atoms with van der Waals surface area (Å²) in [6.45, 7) is 0.234. The lowest BCUT2D eigenvalue weighted by molar-refractivity contribution is 0.0940. The molecular formula is C11H11FN4O. The number of aryl methyl sites for hydroxylation is 1. The minimum Gasteiger partial charge on any atom is -0.343 e. The zero-order valence-corrected chi connectivity index (χ0v) is 9.22. The van der Waals surface area contributed by atoms with Gasteiger partial charge in [0.25, 0.3) is 5.91 Å². The van der Waals surface area contributed by atoms with Crippen LogP contribution in [-0.2, 0) is 13.6 Å². The summed E-state index contributed by atoms with van der Waals surface area (Å²) in [6, 6.07) is 2.63. The quantitative estimate of drug-likeness (QED) is 0.857. The van der Waals surface area contributed by atoms with Crippen LogP contribution in [0.1, 0.15) is 16.3 Å². The van der Waals surface area contributed by atoms with Gasteiger partial charge in [-0.25, -0.2) is 14.4 Å². The maximum absolute atomic E-state index is 13.2. The molecule has 88 valence electrons. The van der Waals surface area contributed by atoms with Gasteiger partial charge in [0.05, 0.1) is 6.54 Å². The molecule has 6 heteroatoms. The van der Waals surface area contributed by atoms with Crippen LogP contribution in [0.25, 0.3) is 0 Å². The Labute approximate surface area is 97.3 Å². The second-order valence-corrected chi connectivity index (χ2v) is 3.47. The Morgan fingerprint density at radius 2 is 2.29 bits per heavy atom. The number of rotatable bonds is 3. The van der Waals surface area contributed by atoms with Gasteiger partial charge in [0.2, 0.25) is 0 Å². The molecule has 0 aromatic carbocycles. The number of aromatic nitrogens is 3. The molecule has 0 spiro atoms. The van der Waals surface area contributed by atoms with Crippen LogP contribution in [-0.4, -0.2) is 20.4 Å². The molecule has 0 unspecified atom stereocenters. The number of hydrogen-bond donors (Lipinski definition) is 1. The van der Waals surface area contributed by atoms with Gasteiger partial charge in [-0.2, -0.15) is 0 Å². The van der Waals surface area contributed by atoms with Crippen LogP contribution in [0, 0.1) is 5.82 Å². The van der Waals surface area contributed by atoms with Gasteiger partial charge in [-0.3, -0.25) is 4.79 Å². The fraction of sp³-hybridized carbons (Fsp3) is 0.182.